The lowest BCUT2D eigenvalue weighted by atomic mass is 10.3. The zero-order valence-corrected chi connectivity index (χ0v) is 8.72. The fourth-order valence-electron chi connectivity index (χ4n) is 0.882. The molecule has 0 unspecified atom stereocenters. The van der Waals surface area contributed by atoms with E-state index in [2.05, 4.69) is 31.1 Å². The monoisotopic (exact) mass is 257 g/mol. The predicted molar refractivity (Wildman–Crippen MR) is 52.6 cm³/mol. The number of pyridine rings is 1. The van der Waals surface area contributed by atoms with E-state index in [-0.39, 0.29) is 4.84 Å². The van der Waals surface area contributed by atoms with Gasteiger partial charge in [-0.25, -0.2) is 5.10 Å². The number of aromatic amines is 1. The summed E-state index contributed by atoms with van der Waals surface area (Å²) < 4.78 is 5.98. The lowest BCUT2D eigenvalue weighted by molar-refractivity contribution is 0.551. The maximum atomic E-state index is 5.11. The summed E-state index contributed by atoms with van der Waals surface area (Å²) in [7, 11) is 0. The molecule has 0 aliphatic heterocycles. The topological polar surface area (TPSA) is 54.7 Å². The van der Waals surface area contributed by atoms with Gasteiger partial charge >= 0.3 is 0 Å². The molecule has 2 rings (SSSR count). The average Bonchev–Trinajstić information content (AvgIpc) is 2.52. The Kier molecular flexibility index (Phi) is 2.24. The first-order valence-corrected chi connectivity index (χ1v) is 4.62. The van der Waals surface area contributed by atoms with Crippen LogP contribution in [0.3, 0.4) is 0 Å². The van der Waals surface area contributed by atoms with Crippen molar-refractivity contribution in [2.75, 3.05) is 0 Å². The molecule has 4 nitrogen and oxygen atoms in total. The molecule has 0 aliphatic carbocycles. The van der Waals surface area contributed by atoms with Crippen LogP contribution in [0.5, 0.6) is 0 Å². The Morgan fingerprint density at radius 3 is 2.92 bits per heavy atom. The summed E-state index contributed by atoms with van der Waals surface area (Å²) in [5, 5.41) is 6.41. The van der Waals surface area contributed by atoms with Gasteiger partial charge in [0.1, 0.15) is 0 Å². The van der Waals surface area contributed by atoms with Crippen LogP contribution in [-0.2, 0) is 0 Å². The van der Waals surface area contributed by atoms with Gasteiger partial charge in [0.15, 0.2) is 0 Å². The van der Waals surface area contributed by atoms with Crippen molar-refractivity contribution < 1.29 is 4.42 Å². The molecule has 2 heterocycles. The summed E-state index contributed by atoms with van der Waals surface area (Å²) in [6.45, 7) is 0. The van der Waals surface area contributed by atoms with Gasteiger partial charge in [0.05, 0.1) is 5.56 Å². The maximum absolute atomic E-state index is 5.11. The number of halogens is 1. The van der Waals surface area contributed by atoms with Gasteiger partial charge in [-0.1, -0.05) is 0 Å². The summed E-state index contributed by atoms with van der Waals surface area (Å²) in [6.07, 6.45) is 3.34. The molecule has 0 atom stereocenters. The average molecular weight is 258 g/mol. The van der Waals surface area contributed by atoms with Gasteiger partial charge in [0.25, 0.3) is 4.84 Å². The molecule has 0 bridgehead atoms. The van der Waals surface area contributed by atoms with Crippen LogP contribution in [-0.4, -0.2) is 15.2 Å². The van der Waals surface area contributed by atoms with Crippen LogP contribution in [0, 0.1) is 4.84 Å². The molecule has 0 radical (unpaired) electrons. The molecule has 0 aromatic carbocycles. The highest BCUT2D eigenvalue weighted by molar-refractivity contribution is 9.10. The first-order chi connectivity index (χ1) is 6.25. The SMILES string of the molecule is S=c1[nH]nc(-c2cncc(Br)c2)o1. The van der Waals surface area contributed by atoms with Crippen molar-refractivity contribution in [3.05, 3.63) is 27.8 Å². The minimum atomic E-state index is 0.259. The Hall–Kier alpha value is -1.01. The molecular formula is C7H4BrN3OS. The number of H-pyrrole nitrogens is 1. The second-order valence-corrected chi connectivity index (χ2v) is 3.60. The first kappa shape index (κ1) is 8.58. The van der Waals surface area contributed by atoms with Crippen LogP contribution in [0.4, 0.5) is 0 Å². The Labute approximate surface area is 87.1 Å². The number of aromatic nitrogens is 3. The minimum absolute atomic E-state index is 0.259. The van der Waals surface area contributed by atoms with E-state index in [0.29, 0.717) is 5.89 Å². The summed E-state index contributed by atoms with van der Waals surface area (Å²) in [5.41, 5.74) is 0.779. The van der Waals surface area contributed by atoms with Crippen LogP contribution in [0.2, 0.25) is 0 Å². The number of hydrogen-bond acceptors (Lipinski definition) is 4. The van der Waals surface area contributed by atoms with E-state index in [9.17, 15) is 0 Å². The van der Waals surface area contributed by atoms with E-state index in [1.54, 1.807) is 12.4 Å². The zero-order chi connectivity index (χ0) is 9.26. The number of nitrogens with one attached hydrogen (secondary N) is 1. The summed E-state index contributed by atoms with van der Waals surface area (Å²) in [6, 6.07) is 1.85. The van der Waals surface area contributed by atoms with Crippen molar-refractivity contribution in [1.29, 1.82) is 0 Å². The largest absolute Gasteiger partial charge is 0.409 e. The van der Waals surface area contributed by atoms with Crippen molar-refractivity contribution in [1.82, 2.24) is 15.2 Å². The third kappa shape index (κ3) is 1.84. The highest BCUT2D eigenvalue weighted by Crippen LogP contribution is 2.19. The van der Waals surface area contributed by atoms with E-state index < -0.39 is 0 Å². The van der Waals surface area contributed by atoms with Gasteiger partial charge < -0.3 is 4.42 Å². The van der Waals surface area contributed by atoms with Crippen molar-refractivity contribution in [3.8, 4) is 11.5 Å². The predicted octanol–water partition coefficient (Wildman–Crippen LogP) is 2.56. The molecule has 0 fully saturated rings. The molecule has 0 saturated heterocycles. The van der Waals surface area contributed by atoms with Crippen LogP contribution in [0.25, 0.3) is 11.5 Å². The molecule has 66 valence electrons. The maximum Gasteiger partial charge on any atom is 0.284 e. The third-order valence-corrected chi connectivity index (χ3v) is 2.00. The standard InChI is InChI=1S/C7H4BrN3OS/c8-5-1-4(2-9-3-5)6-10-11-7(13)12-6/h1-3H,(H,11,13). The minimum Gasteiger partial charge on any atom is -0.409 e. The van der Waals surface area contributed by atoms with Crippen LogP contribution in [0.1, 0.15) is 0 Å². The summed E-state index contributed by atoms with van der Waals surface area (Å²) in [4.78, 5) is 4.23. The first-order valence-electron chi connectivity index (χ1n) is 3.42. The zero-order valence-electron chi connectivity index (χ0n) is 6.32. The van der Waals surface area contributed by atoms with Crippen molar-refractivity contribution >= 4 is 28.1 Å². The van der Waals surface area contributed by atoms with Gasteiger partial charge in [-0.3, -0.25) is 4.98 Å². The van der Waals surface area contributed by atoms with Gasteiger partial charge in [-0.2, -0.15) is 0 Å². The number of rotatable bonds is 1. The summed E-state index contributed by atoms with van der Waals surface area (Å²) in [5.74, 6) is 0.443. The Bertz CT molecular complexity index is 478. The van der Waals surface area contributed by atoms with E-state index in [1.165, 1.54) is 0 Å². The fraction of sp³-hybridized carbons (Fsp3) is 0. The molecule has 0 spiro atoms. The van der Waals surface area contributed by atoms with Gasteiger partial charge in [-0.15, -0.1) is 5.10 Å². The van der Waals surface area contributed by atoms with E-state index in [0.717, 1.165) is 10.0 Å². The Morgan fingerprint density at radius 2 is 2.31 bits per heavy atom. The molecule has 13 heavy (non-hydrogen) atoms. The van der Waals surface area contributed by atoms with Crippen LogP contribution in [0.15, 0.2) is 27.3 Å². The van der Waals surface area contributed by atoms with E-state index in [1.807, 2.05) is 6.07 Å². The van der Waals surface area contributed by atoms with Gasteiger partial charge in [0, 0.05) is 16.9 Å². The second kappa shape index (κ2) is 3.39. The van der Waals surface area contributed by atoms with Crippen molar-refractivity contribution in [2.24, 2.45) is 0 Å². The highest BCUT2D eigenvalue weighted by atomic mass is 79.9. The molecular weight excluding hydrogens is 254 g/mol. The molecule has 6 heteroatoms. The molecule has 0 saturated carbocycles. The molecule has 2 aromatic rings. The quantitative estimate of drug-likeness (QED) is 0.798. The molecule has 1 N–H and O–H groups in total. The summed E-state index contributed by atoms with van der Waals surface area (Å²) >= 11 is 8.05. The normalized spacial score (nSPS) is 10.2. The van der Waals surface area contributed by atoms with Crippen LogP contribution < -0.4 is 0 Å². The number of hydrogen-bond donors (Lipinski definition) is 1. The smallest absolute Gasteiger partial charge is 0.284 e. The van der Waals surface area contributed by atoms with E-state index in [4.69, 9.17) is 16.6 Å². The number of nitrogens with zero attached hydrogens (tertiary/aromatic N) is 2. The molecule has 0 aliphatic rings. The van der Waals surface area contributed by atoms with Crippen LogP contribution >= 0.6 is 28.1 Å². The van der Waals surface area contributed by atoms with Gasteiger partial charge in [0.2, 0.25) is 5.89 Å². The lowest BCUT2D eigenvalue weighted by Gasteiger charge is -1.92. The highest BCUT2D eigenvalue weighted by Gasteiger charge is 2.03. The molecule has 0 amide bonds. The van der Waals surface area contributed by atoms with Gasteiger partial charge in [-0.05, 0) is 34.2 Å². The second-order valence-electron chi connectivity index (χ2n) is 2.31. The van der Waals surface area contributed by atoms with E-state index >= 15 is 0 Å². The fourth-order valence-corrected chi connectivity index (χ4v) is 1.37. The Morgan fingerprint density at radius 1 is 1.46 bits per heavy atom. The third-order valence-electron chi connectivity index (χ3n) is 1.39. The Balaban J connectivity index is 2.52. The van der Waals surface area contributed by atoms with Crippen molar-refractivity contribution in [3.63, 3.8) is 0 Å². The lowest BCUT2D eigenvalue weighted by Crippen LogP contribution is -1.79. The molecule has 2 aromatic heterocycles. The van der Waals surface area contributed by atoms with Crippen molar-refractivity contribution in [2.45, 2.75) is 0 Å².